The highest BCUT2D eigenvalue weighted by Gasteiger charge is 2.43. The largest absolute Gasteiger partial charge is 0.335 e. The second-order valence-corrected chi connectivity index (χ2v) is 6.70. The number of halogens is 1. The molecule has 1 N–H and O–H groups in total. The Morgan fingerprint density at radius 1 is 1.23 bits per heavy atom. The third-order valence-electron chi connectivity index (χ3n) is 4.02. The van der Waals surface area contributed by atoms with Crippen LogP contribution in [0.15, 0.2) is 29.3 Å². The maximum atomic E-state index is 12.9. The van der Waals surface area contributed by atoms with E-state index in [1.807, 2.05) is 25.9 Å². The van der Waals surface area contributed by atoms with Gasteiger partial charge in [-0.2, -0.15) is 0 Å². The van der Waals surface area contributed by atoms with Crippen LogP contribution in [0.4, 0.5) is 10.5 Å². The Bertz CT molecular complexity index is 716. The van der Waals surface area contributed by atoms with E-state index in [0.29, 0.717) is 29.4 Å². The monoisotopic (exact) mass is 378 g/mol. The molecule has 1 saturated heterocycles. The van der Waals surface area contributed by atoms with Crippen LogP contribution < -0.4 is 10.2 Å². The molecule has 0 aromatic heterocycles. The fourth-order valence-corrected chi connectivity index (χ4v) is 2.85. The number of nitrogens with one attached hydrogen (secondary N) is 1. The van der Waals surface area contributed by atoms with Gasteiger partial charge in [0.05, 0.1) is 5.69 Å². The smallest absolute Gasteiger partial charge is 0.309 e. The van der Waals surface area contributed by atoms with Crippen LogP contribution in [0.1, 0.15) is 19.8 Å². The second kappa shape index (κ2) is 8.91. The lowest BCUT2D eigenvalue weighted by molar-refractivity contribution is -0.131. The Hall–Kier alpha value is -2.25. The molecule has 26 heavy (non-hydrogen) atoms. The summed E-state index contributed by atoms with van der Waals surface area (Å²) in [5, 5.41) is 2.74. The Labute approximate surface area is 158 Å². The predicted octanol–water partition coefficient (Wildman–Crippen LogP) is 2.34. The maximum absolute atomic E-state index is 12.9. The van der Waals surface area contributed by atoms with E-state index in [4.69, 9.17) is 11.6 Å². The molecule has 2 rings (SSSR count). The maximum Gasteiger partial charge on any atom is 0.335 e. The van der Waals surface area contributed by atoms with E-state index in [1.165, 1.54) is 0 Å². The van der Waals surface area contributed by atoms with Crippen LogP contribution in [-0.4, -0.2) is 55.6 Å². The average molecular weight is 379 g/mol. The Kier molecular flexibility index (Phi) is 6.88. The van der Waals surface area contributed by atoms with E-state index >= 15 is 0 Å². The molecule has 0 aliphatic carbocycles. The number of carbonyl (C=O) groups excluding carboxylic acids is 3. The number of hydrogen-bond acceptors (Lipinski definition) is 5. The van der Waals surface area contributed by atoms with Crippen molar-refractivity contribution in [3.8, 4) is 0 Å². The minimum atomic E-state index is -1.09. The van der Waals surface area contributed by atoms with Crippen LogP contribution in [-0.2, 0) is 9.59 Å². The topological polar surface area (TPSA) is 82.1 Å². The van der Waals surface area contributed by atoms with Gasteiger partial charge in [0.2, 0.25) is 5.91 Å². The van der Waals surface area contributed by atoms with Gasteiger partial charge in [-0.05, 0) is 57.7 Å². The quantitative estimate of drug-likeness (QED) is 0.448. The van der Waals surface area contributed by atoms with Crippen molar-refractivity contribution in [3.05, 3.63) is 29.3 Å². The van der Waals surface area contributed by atoms with Crippen LogP contribution in [0.25, 0.3) is 0 Å². The van der Waals surface area contributed by atoms with Gasteiger partial charge in [0.25, 0.3) is 5.91 Å². The predicted molar refractivity (Wildman–Crippen MR) is 102 cm³/mol. The number of urea groups is 1. The molecule has 1 fully saturated rings. The number of rotatable bonds is 7. The van der Waals surface area contributed by atoms with Crippen molar-refractivity contribution in [1.82, 2.24) is 10.2 Å². The third-order valence-corrected chi connectivity index (χ3v) is 4.27. The summed E-state index contributed by atoms with van der Waals surface area (Å²) < 4.78 is 0. The van der Waals surface area contributed by atoms with Crippen LogP contribution >= 0.6 is 11.6 Å². The van der Waals surface area contributed by atoms with E-state index in [-0.39, 0.29) is 0 Å². The number of barbiturate groups is 1. The number of amides is 4. The number of nitrogens with zero attached hydrogens (tertiary/aromatic N) is 3. The SMILES string of the molecule is CCC(=NCCCN(C)C)C1C(=O)NC(=O)N(c2ccc(Cl)cc2)C1=O. The zero-order valence-electron chi connectivity index (χ0n) is 15.2. The van der Waals surface area contributed by atoms with E-state index < -0.39 is 23.8 Å². The molecule has 0 spiro atoms. The zero-order valence-corrected chi connectivity index (χ0v) is 15.9. The lowest BCUT2D eigenvalue weighted by atomic mass is 9.96. The first kappa shape index (κ1) is 20.1. The summed E-state index contributed by atoms with van der Waals surface area (Å²) in [5.41, 5.74) is 0.843. The summed E-state index contributed by atoms with van der Waals surface area (Å²) in [6.45, 7) is 3.22. The van der Waals surface area contributed by atoms with Crippen molar-refractivity contribution >= 4 is 40.8 Å². The molecule has 0 bridgehead atoms. The average Bonchev–Trinajstić information content (AvgIpc) is 2.58. The number of imide groups is 2. The van der Waals surface area contributed by atoms with Crippen molar-refractivity contribution < 1.29 is 14.4 Å². The number of aliphatic imine (C=N–C) groups is 1. The Morgan fingerprint density at radius 2 is 1.88 bits per heavy atom. The summed E-state index contributed by atoms with van der Waals surface area (Å²) in [6, 6.07) is 5.53. The number of hydrogen-bond donors (Lipinski definition) is 1. The molecule has 0 radical (unpaired) electrons. The minimum Gasteiger partial charge on any atom is -0.309 e. The van der Waals surface area contributed by atoms with Crippen molar-refractivity contribution in [3.63, 3.8) is 0 Å². The fraction of sp³-hybridized carbons (Fsp3) is 0.444. The summed E-state index contributed by atoms with van der Waals surface area (Å²) >= 11 is 5.86. The molecular weight excluding hydrogens is 356 g/mol. The first-order chi connectivity index (χ1) is 12.3. The van der Waals surface area contributed by atoms with Crippen molar-refractivity contribution in [2.45, 2.75) is 19.8 Å². The minimum absolute atomic E-state index is 0.359. The van der Waals surface area contributed by atoms with Crippen LogP contribution in [0.3, 0.4) is 0 Å². The Morgan fingerprint density at radius 3 is 2.46 bits per heavy atom. The van der Waals surface area contributed by atoms with Gasteiger partial charge in [0.15, 0.2) is 5.92 Å². The highest BCUT2D eigenvalue weighted by Crippen LogP contribution is 2.24. The van der Waals surface area contributed by atoms with E-state index in [2.05, 4.69) is 10.3 Å². The van der Waals surface area contributed by atoms with Gasteiger partial charge in [-0.15, -0.1) is 0 Å². The zero-order chi connectivity index (χ0) is 19.3. The first-order valence-corrected chi connectivity index (χ1v) is 8.85. The molecule has 140 valence electrons. The number of anilines is 1. The van der Waals surface area contributed by atoms with Crippen LogP contribution in [0.2, 0.25) is 5.02 Å². The molecule has 1 aliphatic rings. The highest BCUT2D eigenvalue weighted by atomic mass is 35.5. The second-order valence-electron chi connectivity index (χ2n) is 6.26. The molecule has 1 aromatic carbocycles. The molecule has 8 heteroatoms. The number of carbonyl (C=O) groups is 3. The van der Waals surface area contributed by atoms with E-state index in [0.717, 1.165) is 17.9 Å². The molecule has 1 heterocycles. The molecular formula is C18H23ClN4O3. The van der Waals surface area contributed by atoms with Gasteiger partial charge in [0, 0.05) is 17.3 Å². The molecule has 1 aliphatic heterocycles. The summed E-state index contributed by atoms with van der Waals surface area (Å²) in [4.78, 5) is 44.8. The molecule has 1 unspecified atom stereocenters. The molecule has 1 aromatic rings. The molecule has 7 nitrogen and oxygen atoms in total. The first-order valence-electron chi connectivity index (χ1n) is 8.47. The molecule has 4 amide bonds. The fourth-order valence-electron chi connectivity index (χ4n) is 2.72. The number of benzene rings is 1. The van der Waals surface area contributed by atoms with Gasteiger partial charge in [-0.3, -0.25) is 19.9 Å². The van der Waals surface area contributed by atoms with Crippen molar-refractivity contribution in [1.29, 1.82) is 0 Å². The summed E-state index contributed by atoms with van der Waals surface area (Å²) in [6.07, 6.45) is 1.27. The molecule has 1 atom stereocenters. The lowest BCUT2D eigenvalue weighted by Gasteiger charge is -2.30. The van der Waals surface area contributed by atoms with Gasteiger partial charge in [-0.25, -0.2) is 9.69 Å². The van der Waals surface area contributed by atoms with Gasteiger partial charge >= 0.3 is 6.03 Å². The van der Waals surface area contributed by atoms with Crippen LogP contribution in [0, 0.1) is 5.92 Å². The standard InChI is InChI=1S/C18H23ClN4O3/c1-4-14(20-10-5-11-22(2)3)15-16(24)21-18(26)23(17(15)25)13-8-6-12(19)7-9-13/h6-9,15H,4-5,10-11H2,1-3H3,(H,21,24,26). The summed E-state index contributed by atoms with van der Waals surface area (Å²) in [5.74, 6) is -2.31. The van der Waals surface area contributed by atoms with Crippen LogP contribution in [0.5, 0.6) is 0 Å². The van der Waals surface area contributed by atoms with E-state index in [1.54, 1.807) is 24.3 Å². The van der Waals surface area contributed by atoms with Gasteiger partial charge in [-0.1, -0.05) is 18.5 Å². The van der Waals surface area contributed by atoms with Gasteiger partial charge in [0.1, 0.15) is 0 Å². The normalized spacial score (nSPS) is 18.5. The lowest BCUT2D eigenvalue weighted by Crippen LogP contribution is -2.60. The summed E-state index contributed by atoms with van der Waals surface area (Å²) in [7, 11) is 3.94. The highest BCUT2D eigenvalue weighted by molar-refractivity contribution is 6.35. The Balaban J connectivity index is 2.24. The van der Waals surface area contributed by atoms with Crippen molar-refractivity contribution in [2.75, 3.05) is 32.1 Å². The van der Waals surface area contributed by atoms with Crippen molar-refractivity contribution in [2.24, 2.45) is 10.9 Å². The molecule has 0 saturated carbocycles. The third kappa shape index (κ3) is 4.68. The van der Waals surface area contributed by atoms with E-state index in [9.17, 15) is 14.4 Å². The van der Waals surface area contributed by atoms with Gasteiger partial charge < -0.3 is 4.90 Å².